The Balaban J connectivity index is 1.28. The molecule has 0 bridgehead atoms. The first kappa shape index (κ1) is 26.7. The summed E-state index contributed by atoms with van der Waals surface area (Å²) in [6.45, 7) is 0. The van der Waals surface area contributed by atoms with Crippen molar-refractivity contribution in [2.45, 2.75) is 0 Å². The van der Waals surface area contributed by atoms with Gasteiger partial charge in [-0.2, -0.15) is 0 Å². The minimum Gasteiger partial charge on any atom is -0.310 e. The van der Waals surface area contributed by atoms with Gasteiger partial charge >= 0.3 is 0 Å². The summed E-state index contributed by atoms with van der Waals surface area (Å²) in [6, 6.07) is 67.7. The largest absolute Gasteiger partial charge is 0.310 e. The molecule has 1 heteroatoms. The SMILES string of the molecule is c1ccc(-c2ccc(N(c3cccc(-c4cccc5ccccc45)c3)c3cccc(-c4cccc5ccccc45)c3)cc2)cc1. The van der Waals surface area contributed by atoms with E-state index in [1.165, 1.54) is 54.9 Å². The lowest BCUT2D eigenvalue weighted by Crippen LogP contribution is -2.10. The topological polar surface area (TPSA) is 3.24 Å². The quantitative estimate of drug-likeness (QED) is 0.191. The minimum atomic E-state index is 1.11. The lowest BCUT2D eigenvalue weighted by atomic mass is 9.97. The van der Waals surface area contributed by atoms with E-state index in [-0.39, 0.29) is 0 Å². The van der Waals surface area contributed by atoms with Gasteiger partial charge in [-0.15, -0.1) is 0 Å². The van der Waals surface area contributed by atoms with Crippen molar-refractivity contribution in [3.05, 3.63) is 188 Å². The van der Waals surface area contributed by atoms with Crippen LogP contribution in [-0.4, -0.2) is 0 Å². The van der Waals surface area contributed by atoms with Crippen molar-refractivity contribution in [2.24, 2.45) is 0 Å². The highest BCUT2D eigenvalue weighted by atomic mass is 15.1. The van der Waals surface area contributed by atoms with Gasteiger partial charge in [0.05, 0.1) is 0 Å². The number of anilines is 3. The van der Waals surface area contributed by atoms with Crippen LogP contribution >= 0.6 is 0 Å². The van der Waals surface area contributed by atoms with Crippen LogP contribution in [0.15, 0.2) is 188 Å². The number of benzene rings is 8. The average molecular weight is 574 g/mol. The molecule has 0 N–H and O–H groups in total. The smallest absolute Gasteiger partial charge is 0.0467 e. The Hall–Kier alpha value is -5.92. The zero-order chi connectivity index (χ0) is 30.0. The molecule has 0 radical (unpaired) electrons. The van der Waals surface area contributed by atoms with Gasteiger partial charge in [-0.25, -0.2) is 0 Å². The van der Waals surface area contributed by atoms with E-state index in [1.807, 2.05) is 0 Å². The van der Waals surface area contributed by atoms with E-state index in [0.717, 1.165) is 17.1 Å². The van der Waals surface area contributed by atoms with Crippen molar-refractivity contribution >= 4 is 38.6 Å². The normalized spacial score (nSPS) is 11.1. The molecule has 0 aliphatic rings. The average Bonchev–Trinajstić information content (AvgIpc) is 3.12. The first-order chi connectivity index (χ1) is 22.3. The Labute approximate surface area is 264 Å². The van der Waals surface area contributed by atoms with E-state index >= 15 is 0 Å². The van der Waals surface area contributed by atoms with Crippen LogP contribution in [0.2, 0.25) is 0 Å². The number of fused-ring (bicyclic) bond motifs is 2. The Morgan fingerprint density at radius 2 is 0.689 bits per heavy atom. The second-order valence-electron chi connectivity index (χ2n) is 11.4. The van der Waals surface area contributed by atoms with E-state index in [4.69, 9.17) is 0 Å². The minimum absolute atomic E-state index is 1.11. The molecule has 1 nitrogen and oxygen atoms in total. The van der Waals surface area contributed by atoms with E-state index in [1.54, 1.807) is 0 Å². The van der Waals surface area contributed by atoms with Crippen LogP contribution in [0.3, 0.4) is 0 Å². The monoisotopic (exact) mass is 573 g/mol. The fourth-order valence-electron chi connectivity index (χ4n) is 6.46. The first-order valence-electron chi connectivity index (χ1n) is 15.4. The van der Waals surface area contributed by atoms with Gasteiger partial charge in [-0.1, -0.05) is 152 Å². The molecule has 0 heterocycles. The third-order valence-electron chi connectivity index (χ3n) is 8.64. The first-order valence-corrected chi connectivity index (χ1v) is 15.4. The van der Waals surface area contributed by atoms with Gasteiger partial charge in [-0.05, 0) is 91.3 Å². The van der Waals surface area contributed by atoms with Gasteiger partial charge in [0.2, 0.25) is 0 Å². The molecular formula is C44H31N. The molecule has 45 heavy (non-hydrogen) atoms. The fourth-order valence-corrected chi connectivity index (χ4v) is 6.46. The summed E-state index contributed by atoms with van der Waals surface area (Å²) in [5.74, 6) is 0. The van der Waals surface area contributed by atoms with Crippen molar-refractivity contribution in [3.63, 3.8) is 0 Å². The molecule has 8 aromatic rings. The number of hydrogen-bond donors (Lipinski definition) is 0. The predicted molar refractivity (Wildman–Crippen MR) is 192 cm³/mol. The molecule has 0 atom stereocenters. The predicted octanol–water partition coefficient (Wildman–Crippen LogP) is 12.5. The van der Waals surface area contributed by atoms with Crippen LogP contribution in [0.5, 0.6) is 0 Å². The Kier molecular flexibility index (Phi) is 6.90. The number of nitrogens with zero attached hydrogens (tertiary/aromatic N) is 1. The van der Waals surface area contributed by atoms with Gasteiger partial charge < -0.3 is 4.90 Å². The van der Waals surface area contributed by atoms with E-state index < -0.39 is 0 Å². The van der Waals surface area contributed by atoms with Crippen LogP contribution in [0.4, 0.5) is 17.1 Å². The van der Waals surface area contributed by atoms with E-state index in [9.17, 15) is 0 Å². The molecule has 0 saturated carbocycles. The van der Waals surface area contributed by atoms with Crippen LogP contribution in [0.25, 0.3) is 54.9 Å². The van der Waals surface area contributed by atoms with Gasteiger partial charge in [0, 0.05) is 17.1 Å². The maximum atomic E-state index is 2.37. The molecule has 0 unspecified atom stereocenters. The van der Waals surface area contributed by atoms with Gasteiger partial charge in [0.1, 0.15) is 0 Å². The highest BCUT2D eigenvalue weighted by molar-refractivity contribution is 5.99. The Morgan fingerprint density at radius 1 is 0.267 bits per heavy atom. The van der Waals surface area contributed by atoms with Crippen molar-refractivity contribution in [2.75, 3.05) is 4.90 Å². The summed E-state index contributed by atoms with van der Waals surface area (Å²) >= 11 is 0. The zero-order valence-electron chi connectivity index (χ0n) is 24.8. The molecule has 0 aromatic heterocycles. The van der Waals surface area contributed by atoms with Crippen LogP contribution in [-0.2, 0) is 0 Å². The molecule has 0 amide bonds. The maximum Gasteiger partial charge on any atom is 0.0467 e. The van der Waals surface area contributed by atoms with Gasteiger partial charge in [0.15, 0.2) is 0 Å². The fraction of sp³-hybridized carbons (Fsp3) is 0. The summed E-state index contributed by atoms with van der Waals surface area (Å²) in [7, 11) is 0. The zero-order valence-corrected chi connectivity index (χ0v) is 24.8. The van der Waals surface area contributed by atoms with Crippen LogP contribution < -0.4 is 4.90 Å². The summed E-state index contributed by atoms with van der Waals surface area (Å²) in [5, 5.41) is 5.01. The molecule has 0 aliphatic carbocycles. The Bertz CT molecular complexity index is 2130. The summed E-state index contributed by atoms with van der Waals surface area (Å²) in [6.07, 6.45) is 0. The molecule has 0 aliphatic heterocycles. The van der Waals surface area contributed by atoms with Crippen molar-refractivity contribution < 1.29 is 0 Å². The van der Waals surface area contributed by atoms with Crippen LogP contribution in [0, 0.1) is 0 Å². The van der Waals surface area contributed by atoms with Crippen molar-refractivity contribution in [1.82, 2.24) is 0 Å². The molecule has 0 saturated heterocycles. The lowest BCUT2D eigenvalue weighted by Gasteiger charge is -2.27. The lowest BCUT2D eigenvalue weighted by molar-refractivity contribution is 1.28. The van der Waals surface area contributed by atoms with Crippen molar-refractivity contribution in [3.8, 4) is 33.4 Å². The van der Waals surface area contributed by atoms with Gasteiger partial charge in [0.25, 0.3) is 0 Å². The Morgan fingerprint density at radius 3 is 1.24 bits per heavy atom. The molecule has 0 spiro atoms. The molecule has 8 aromatic carbocycles. The third-order valence-corrected chi connectivity index (χ3v) is 8.64. The highest BCUT2D eigenvalue weighted by Crippen LogP contribution is 2.40. The van der Waals surface area contributed by atoms with E-state index in [2.05, 4.69) is 193 Å². The molecule has 212 valence electrons. The summed E-state index contributed by atoms with van der Waals surface area (Å²) in [5.41, 5.74) is 10.6. The second kappa shape index (κ2) is 11.6. The molecule has 0 fully saturated rings. The maximum absolute atomic E-state index is 2.37. The van der Waals surface area contributed by atoms with Crippen LogP contribution in [0.1, 0.15) is 0 Å². The third kappa shape index (κ3) is 5.15. The highest BCUT2D eigenvalue weighted by Gasteiger charge is 2.16. The van der Waals surface area contributed by atoms with Crippen molar-refractivity contribution in [1.29, 1.82) is 0 Å². The molecule has 8 rings (SSSR count). The van der Waals surface area contributed by atoms with E-state index in [0.29, 0.717) is 0 Å². The van der Waals surface area contributed by atoms with Gasteiger partial charge in [-0.3, -0.25) is 0 Å². The standard InChI is InChI=1S/C44H31N/c1-2-12-32(13-3-1)33-26-28-38(29-27-33)45(39-20-8-18-36(30-39)43-24-10-16-34-14-4-6-22-41(34)43)40-21-9-19-37(31-40)44-25-11-17-35-15-5-7-23-42(35)44/h1-31H. The number of rotatable bonds is 6. The summed E-state index contributed by atoms with van der Waals surface area (Å²) < 4.78 is 0. The second-order valence-corrected chi connectivity index (χ2v) is 11.4. The molecular weight excluding hydrogens is 542 g/mol. The number of hydrogen-bond acceptors (Lipinski definition) is 1. The summed E-state index contributed by atoms with van der Waals surface area (Å²) in [4.78, 5) is 2.37.